The van der Waals surface area contributed by atoms with E-state index in [9.17, 15) is 13.2 Å². The first-order valence-corrected chi connectivity index (χ1v) is 12.1. The molecule has 0 bridgehead atoms. The average molecular weight is 446 g/mol. The van der Waals surface area contributed by atoms with Gasteiger partial charge >= 0.3 is 0 Å². The van der Waals surface area contributed by atoms with Crippen molar-refractivity contribution in [1.82, 2.24) is 14.1 Å². The van der Waals surface area contributed by atoms with Crippen molar-refractivity contribution in [2.75, 3.05) is 46.4 Å². The molecule has 0 radical (unpaired) electrons. The lowest BCUT2D eigenvalue weighted by Crippen LogP contribution is -2.48. The van der Waals surface area contributed by atoms with Gasteiger partial charge in [-0.25, -0.2) is 8.42 Å². The van der Waals surface area contributed by atoms with E-state index in [1.165, 1.54) is 29.1 Å². The van der Waals surface area contributed by atoms with Crippen molar-refractivity contribution in [1.29, 1.82) is 0 Å². The average Bonchev–Trinajstić information content (AvgIpc) is 2.80. The van der Waals surface area contributed by atoms with Crippen molar-refractivity contribution in [2.24, 2.45) is 0 Å². The standard InChI is InChI=1S/C23H31N3O4S/c1-4-26(5-2)31(28,29)20-11-12-22(30-3)21(17-20)23(27)25-15-13-24(14-16-25)18-19-9-7-6-8-10-19/h6-12,17H,4-5,13-16,18H2,1-3H3. The van der Waals surface area contributed by atoms with E-state index in [0.717, 1.165) is 19.6 Å². The number of amides is 1. The van der Waals surface area contributed by atoms with Crippen LogP contribution in [-0.4, -0.2) is 74.8 Å². The molecule has 3 rings (SSSR count). The maximum atomic E-state index is 13.3. The Kier molecular flexibility index (Phi) is 7.69. The summed E-state index contributed by atoms with van der Waals surface area (Å²) in [5.74, 6) is 0.183. The molecule has 2 aromatic carbocycles. The summed E-state index contributed by atoms with van der Waals surface area (Å²) >= 11 is 0. The summed E-state index contributed by atoms with van der Waals surface area (Å²) in [6.45, 7) is 7.89. The molecule has 0 unspecified atom stereocenters. The Labute approximate surface area is 185 Å². The molecule has 1 aliphatic heterocycles. The van der Waals surface area contributed by atoms with Gasteiger partial charge in [0.15, 0.2) is 0 Å². The van der Waals surface area contributed by atoms with Crippen molar-refractivity contribution in [3.8, 4) is 5.75 Å². The first kappa shape index (κ1) is 23.2. The maximum absolute atomic E-state index is 13.3. The normalized spacial score (nSPS) is 15.3. The fraction of sp³-hybridized carbons (Fsp3) is 0.435. The zero-order chi connectivity index (χ0) is 22.4. The van der Waals surface area contributed by atoms with Crippen LogP contribution in [0.15, 0.2) is 53.4 Å². The number of benzene rings is 2. The van der Waals surface area contributed by atoms with Gasteiger partial charge in [-0.15, -0.1) is 0 Å². The minimum atomic E-state index is -3.66. The quantitative estimate of drug-likeness (QED) is 0.625. The smallest absolute Gasteiger partial charge is 0.257 e. The van der Waals surface area contributed by atoms with Crippen LogP contribution in [0, 0.1) is 0 Å². The summed E-state index contributed by atoms with van der Waals surface area (Å²) in [7, 11) is -2.17. The Morgan fingerprint density at radius 3 is 2.23 bits per heavy atom. The van der Waals surface area contributed by atoms with E-state index >= 15 is 0 Å². The number of hydrogen-bond donors (Lipinski definition) is 0. The Morgan fingerprint density at radius 1 is 1.00 bits per heavy atom. The number of nitrogens with zero attached hydrogens (tertiary/aromatic N) is 3. The number of carbonyl (C=O) groups excluding carboxylic acids is 1. The largest absolute Gasteiger partial charge is 0.496 e. The molecule has 0 N–H and O–H groups in total. The molecule has 1 fully saturated rings. The number of sulfonamides is 1. The number of rotatable bonds is 8. The summed E-state index contributed by atoms with van der Waals surface area (Å²) < 4.78 is 32.6. The molecule has 1 saturated heterocycles. The van der Waals surface area contributed by atoms with E-state index < -0.39 is 10.0 Å². The predicted octanol–water partition coefficient (Wildman–Crippen LogP) is 2.68. The molecule has 1 heterocycles. The second kappa shape index (κ2) is 10.3. The summed E-state index contributed by atoms with van der Waals surface area (Å²) in [6.07, 6.45) is 0. The summed E-state index contributed by atoms with van der Waals surface area (Å²) in [5, 5.41) is 0. The van der Waals surface area contributed by atoms with Gasteiger partial charge in [0.1, 0.15) is 5.75 Å². The van der Waals surface area contributed by atoms with Gasteiger partial charge in [-0.2, -0.15) is 4.31 Å². The molecule has 0 aliphatic carbocycles. The lowest BCUT2D eigenvalue weighted by Gasteiger charge is -2.35. The number of carbonyl (C=O) groups is 1. The van der Waals surface area contributed by atoms with Gasteiger partial charge < -0.3 is 9.64 Å². The molecule has 0 atom stereocenters. The van der Waals surface area contributed by atoms with E-state index in [0.29, 0.717) is 31.9 Å². The SMILES string of the molecule is CCN(CC)S(=O)(=O)c1ccc(OC)c(C(=O)N2CCN(Cc3ccccc3)CC2)c1. The molecule has 31 heavy (non-hydrogen) atoms. The van der Waals surface area contributed by atoms with Gasteiger partial charge in [0.05, 0.1) is 17.6 Å². The van der Waals surface area contributed by atoms with Crippen LogP contribution in [0.25, 0.3) is 0 Å². The van der Waals surface area contributed by atoms with E-state index in [1.54, 1.807) is 24.8 Å². The Bertz CT molecular complexity index is 983. The van der Waals surface area contributed by atoms with Crippen LogP contribution in [0.4, 0.5) is 0 Å². The van der Waals surface area contributed by atoms with Crippen LogP contribution in [0.2, 0.25) is 0 Å². The van der Waals surface area contributed by atoms with Crippen LogP contribution in [0.1, 0.15) is 29.8 Å². The minimum absolute atomic E-state index is 0.114. The number of hydrogen-bond acceptors (Lipinski definition) is 5. The molecular weight excluding hydrogens is 414 g/mol. The Balaban J connectivity index is 1.75. The highest BCUT2D eigenvalue weighted by atomic mass is 32.2. The van der Waals surface area contributed by atoms with Gasteiger partial charge in [-0.05, 0) is 23.8 Å². The fourth-order valence-electron chi connectivity index (χ4n) is 3.85. The van der Waals surface area contributed by atoms with Crippen molar-refractivity contribution < 1.29 is 17.9 Å². The minimum Gasteiger partial charge on any atom is -0.496 e. The van der Waals surface area contributed by atoms with Gasteiger partial charge in [-0.3, -0.25) is 9.69 Å². The third-order valence-electron chi connectivity index (χ3n) is 5.65. The van der Waals surface area contributed by atoms with Crippen molar-refractivity contribution in [3.05, 3.63) is 59.7 Å². The van der Waals surface area contributed by atoms with E-state index in [4.69, 9.17) is 4.74 Å². The van der Waals surface area contributed by atoms with Crippen LogP contribution in [-0.2, 0) is 16.6 Å². The highest BCUT2D eigenvalue weighted by molar-refractivity contribution is 7.89. The topological polar surface area (TPSA) is 70.2 Å². The Hall–Kier alpha value is -2.42. The zero-order valence-electron chi connectivity index (χ0n) is 18.5. The van der Waals surface area contributed by atoms with Crippen LogP contribution in [0.5, 0.6) is 5.75 Å². The van der Waals surface area contributed by atoms with Crippen molar-refractivity contribution >= 4 is 15.9 Å². The number of methoxy groups -OCH3 is 1. The second-order valence-electron chi connectivity index (χ2n) is 7.51. The third-order valence-corrected chi connectivity index (χ3v) is 7.70. The number of ether oxygens (including phenoxy) is 1. The number of piperazine rings is 1. The molecule has 1 amide bonds. The first-order valence-electron chi connectivity index (χ1n) is 10.6. The highest BCUT2D eigenvalue weighted by Gasteiger charge is 2.28. The zero-order valence-corrected chi connectivity index (χ0v) is 19.3. The lowest BCUT2D eigenvalue weighted by atomic mass is 10.1. The van der Waals surface area contributed by atoms with Gasteiger partial charge in [-0.1, -0.05) is 44.2 Å². The van der Waals surface area contributed by atoms with Gasteiger partial charge in [0, 0.05) is 45.8 Å². The third kappa shape index (κ3) is 5.26. The molecule has 1 aliphatic rings. The van der Waals surface area contributed by atoms with E-state index in [1.807, 2.05) is 18.2 Å². The van der Waals surface area contributed by atoms with Crippen LogP contribution in [0.3, 0.4) is 0 Å². The van der Waals surface area contributed by atoms with Gasteiger partial charge in [0.25, 0.3) is 5.91 Å². The highest BCUT2D eigenvalue weighted by Crippen LogP contribution is 2.26. The monoisotopic (exact) mass is 445 g/mol. The summed E-state index contributed by atoms with van der Waals surface area (Å²) in [4.78, 5) is 17.5. The molecule has 0 aromatic heterocycles. The Morgan fingerprint density at radius 2 is 1.65 bits per heavy atom. The summed E-state index contributed by atoms with van der Waals surface area (Å²) in [6, 6.07) is 14.8. The molecule has 8 heteroatoms. The molecule has 168 valence electrons. The molecule has 0 saturated carbocycles. The molecular formula is C23H31N3O4S. The van der Waals surface area contributed by atoms with Crippen molar-refractivity contribution in [3.63, 3.8) is 0 Å². The lowest BCUT2D eigenvalue weighted by molar-refractivity contribution is 0.0625. The molecule has 7 nitrogen and oxygen atoms in total. The first-order chi connectivity index (χ1) is 14.9. The van der Waals surface area contributed by atoms with Crippen molar-refractivity contribution in [2.45, 2.75) is 25.3 Å². The predicted molar refractivity (Wildman–Crippen MR) is 121 cm³/mol. The van der Waals surface area contributed by atoms with E-state index in [-0.39, 0.29) is 16.4 Å². The van der Waals surface area contributed by atoms with Crippen LogP contribution >= 0.6 is 0 Å². The van der Waals surface area contributed by atoms with Gasteiger partial charge in [0.2, 0.25) is 10.0 Å². The molecule has 2 aromatic rings. The summed E-state index contributed by atoms with van der Waals surface area (Å²) in [5.41, 5.74) is 1.53. The molecule has 0 spiro atoms. The van der Waals surface area contributed by atoms with E-state index in [2.05, 4.69) is 17.0 Å². The maximum Gasteiger partial charge on any atom is 0.257 e. The second-order valence-corrected chi connectivity index (χ2v) is 9.44. The fourth-order valence-corrected chi connectivity index (χ4v) is 5.33. The van der Waals surface area contributed by atoms with Crippen LogP contribution < -0.4 is 4.74 Å².